The van der Waals surface area contributed by atoms with Gasteiger partial charge in [-0.05, 0) is 29.8 Å². The van der Waals surface area contributed by atoms with E-state index in [1.54, 1.807) is 0 Å². The third-order valence-corrected chi connectivity index (χ3v) is 2.88. The Hall–Kier alpha value is -1.41. The molecular formula is C14H13BrN+. The molecule has 2 heteroatoms. The predicted octanol–water partition coefficient (Wildman–Crippen LogP) is 3.44. The first-order chi connectivity index (χ1) is 7.75. The number of pyridine rings is 1. The molecule has 80 valence electrons. The molecular weight excluding hydrogens is 262 g/mol. The molecule has 0 spiro atoms. The standard InChI is InChI=1S/C14H13BrN/c1-16-10-3-2-7-14(16)9-8-12-5-4-6-13(15)11-12/h2-11H,1H3/q+1/b9-8+. The first kappa shape index (κ1) is 11.1. The smallest absolute Gasteiger partial charge is 0.202 e. The van der Waals surface area contributed by atoms with Crippen molar-refractivity contribution in [2.24, 2.45) is 7.05 Å². The van der Waals surface area contributed by atoms with Crippen LogP contribution in [0, 0.1) is 0 Å². The number of aryl methyl sites for hydroxylation is 1. The Morgan fingerprint density at radius 2 is 1.94 bits per heavy atom. The Balaban J connectivity index is 2.25. The van der Waals surface area contributed by atoms with Crippen molar-refractivity contribution in [2.75, 3.05) is 0 Å². The number of benzene rings is 1. The third kappa shape index (κ3) is 2.80. The fourth-order valence-electron chi connectivity index (χ4n) is 1.50. The van der Waals surface area contributed by atoms with Crippen LogP contribution in [-0.4, -0.2) is 0 Å². The average Bonchev–Trinajstić information content (AvgIpc) is 2.28. The molecule has 0 bridgehead atoms. The minimum Gasteiger partial charge on any atom is -0.202 e. The van der Waals surface area contributed by atoms with Gasteiger partial charge in [0.25, 0.3) is 0 Å². The van der Waals surface area contributed by atoms with E-state index in [1.807, 2.05) is 37.5 Å². The lowest BCUT2D eigenvalue weighted by atomic mass is 10.2. The van der Waals surface area contributed by atoms with Crippen LogP contribution >= 0.6 is 15.9 Å². The summed E-state index contributed by atoms with van der Waals surface area (Å²) in [6, 6.07) is 14.4. The SMILES string of the molecule is C[n+]1ccccc1/C=C/c1cccc(Br)c1. The molecule has 0 amide bonds. The molecule has 0 aliphatic rings. The maximum atomic E-state index is 3.46. The Bertz CT molecular complexity index is 518. The zero-order valence-electron chi connectivity index (χ0n) is 9.10. The summed E-state index contributed by atoms with van der Waals surface area (Å²) in [4.78, 5) is 0. The van der Waals surface area contributed by atoms with Gasteiger partial charge in [0.15, 0.2) is 6.20 Å². The van der Waals surface area contributed by atoms with Gasteiger partial charge in [-0.2, -0.15) is 0 Å². The van der Waals surface area contributed by atoms with E-state index in [1.165, 1.54) is 11.3 Å². The first-order valence-corrected chi connectivity index (χ1v) is 5.93. The molecule has 0 fully saturated rings. The normalized spacial score (nSPS) is 10.9. The fourth-order valence-corrected chi connectivity index (χ4v) is 1.92. The zero-order valence-corrected chi connectivity index (χ0v) is 10.7. The van der Waals surface area contributed by atoms with Crippen LogP contribution in [0.2, 0.25) is 0 Å². The lowest BCUT2D eigenvalue weighted by Gasteiger charge is -1.95. The quantitative estimate of drug-likeness (QED) is 0.739. The predicted molar refractivity (Wildman–Crippen MR) is 70.7 cm³/mol. The number of halogens is 1. The zero-order chi connectivity index (χ0) is 11.4. The van der Waals surface area contributed by atoms with Crippen LogP contribution in [0.5, 0.6) is 0 Å². The molecule has 0 unspecified atom stereocenters. The Morgan fingerprint density at radius 3 is 2.69 bits per heavy atom. The van der Waals surface area contributed by atoms with E-state index in [9.17, 15) is 0 Å². The Kier molecular flexibility index (Phi) is 3.52. The highest BCUT2D eigenvalue weighted by Crippen LogP contribution is 2.13. The molecule has 0 saturated heterocycles. The maximum absolute atomic E-state index is 3.46. The number of hydrogen-bond donors (Lipinski definition) is 0. The third-order valence-electron chi connectivity index (χ3n) is 2.39. The summed E-state index contributed by atoms with van der Waals surface area (Å²) in [6.07, 6.45) is 6.27. The van der Waals surface area contributed by atoms with Gasteiger partial charge >= 0.3 is 0 Å². The molecule has 2 aromatic rings. The highest BCUT2D eigenvalue weighted by Gasteiger charge is 1.98. The Labute approximate surface area is 104 Å². The topological polar surface area (TPSA) is 3.88 Å². The van der Waals surface area contributed by atoms with Gasteiger partial charge in [-0.1, -0.05) is 28.1 Å². The van der Waals surface area contributed by atoms with Gasteiger partial charge in [0.05, 0.1) is 0 Å². The molecule has 0 aliphatic heterocycles. The summed E-state index contributed by atoms with van der Waals surface area (Å²) in [6.45, 7) is 0. The second kappa shape index (κ2) is 5.08. The van der Waals surface area contributed by atoms with Gasteiger partial charge in [-0.3, -0.25) is 0 Å². The number of hydrogen-bond acceptors (Lipinski definition) is 0. The van der Waals surface area contributed by atoms with Gasteiger partial charge in [0, 0.05) is 22.7 Å². The van der Waals surface area contributed by atoms with Gasteiger partial charge in [-0.15, -0.1) is 0 Å². The van der Waals surface area contributed by atoms with E-state index in [0.717, 1.165) is 4.47 Å². The summed E-state index contributed by atoms with van der Waals surface area (Å²) >= 11 is 3.46. The Morgan fingerprint density at radius 1 is 1.06 bits per heavy atom. The molecule has 2 rings (SSSR count). The minimum atomic E-state index is 1.10. The fraction of sp³-hybridized carbons (Fsp3) is 0.0714. The minimum absolute atomic E-state index is 1.10. The summed E-state index contributed by atoms with van der Waals surface area (Å²) in [5, 5.41) is 0. The molecule has 1 aromatic carbocycles. The summed E-state index contributed by atoms with van der Waals surface area (Å²) < 4.78 is 3.20. The highest BCUT2D eigenvalue weighted by molar-refractivity contribution is 9.10. The van der Waals surface area contributed by atoms with Crippen molar-refractivity contribution in [3.05, 3.63) is 64.4 Å². The molecule has 0 saturated carbocycles. The van der Waals surface area contributed by atoms with E-state index in [4.69, 9.17) is 0 Å². The summed E-state index contributed by atoms with van der Waals surface area (Å²) in [5.74, 6) is 0. The second-order valence-electron chi connectivity index (χ2n) is 3.62. The highest BCUT2D eigenvalue weighted by atomic mass is 79.9. The number of rotatable bonds is 2. The van der Waals surface area contributed by atoms with E-state index in [-0.39, 0.29) is 0 Å². The van der Waals surface area contributed by atoms with Crippen LogP contribution < -0.4 is 4.57 Å². The molecule has 16 heavy (non-hydrogen) atoms. The van der Waals surface area contributed by atoms with Crippen LogP contribution in [0.3, 0.4) is 0 Å². The van der Waals surface area contributed by atoms with E-state index in [2.05, 4.69) is 50.8 Å². The van der Waals surface area contributed by atoms with Gasteiger partial charge in [0.2, 0.25) is 5.69 Å². The molecule has 1 nitrogen and oxygen atoms in total. The van der Waals surface area contributed by atoms with Crippen molar-refractivity contribution in [2.45, 2.75) is 0 Å². The number of nitrogens with zero attached hydrogens (tertiary/aromatic N) is 1. The van der Waals surface area contributed by atoms with Crippen molar-refractivity contribution in [3.63, 3.8) is 0 Å². The van der Waals surface area contributed by atoms with Crippen LogP contribution in [-0.2, 0) is 7.05 Å². The molecule has 1 heterocycles. The van der Waals surface area contributed by atoms with Gasteiger partial charge in [-0.25, -0.2) is 4.57 Å². The number of aromatic nitrogens is 1. The van der Waals surface area contributed by atoms with Crippen molar-refractivity contribution in [1.82, 2.24) is 0 Å². The van der Waals surface area contributed by atoms with Crippen LogP contribution in [0.25, 0.3) is 12.2 Å². The monoisotopic (exact) mass is 274 g/mol. The van der Waals surface area contributed by atoms with Crippen molar-refractivity contribution in [1.29, 1.82) is 0 Å². The van der Waals surface area contributed by atoms with Crippen LogP contribution in [0.15, 0.2) is 53.1 Å². The first-order valence-electron chi connectivity index (χ1n) is 5.14. The summed E-state index contributed by atoms with van der Waals surface area (Å²) in [5.41, 5.74) is 2.38. The molecule has 0 N–H and O–H groups in total. The van der Waals surface area contributed by atoms with E-state index in [0.29, 0.717) is 0 Å². The van der Waals surface area contributed by atoms with Crippen molar-refractivity contribution < 1.29 is 4.57 Å². The van der Waals surface area contributed by atoms with Crippen molar-refractivity contribution >= 4 is 28.1 Å². The molecule has 0 aliphatic carbocycles. The summed E-state index contributed by atoms with van der Waals surface area (Å²) in [7, 11) is 2.04. The molecule has 0 atom stereocenters. The van der Waals surface area contributed by atoms with Crippen molar-refractivity contribution in [3.8, 4) is 0 Å². The average molecular weight is 275 g/mol. The lowest BCUT2D eigenvalue weighted by Crippen LogP contribution is -2.30. The second-order valence-corrected chi connectivity index (χ2v) is 4.54. The van der Waals surface area contributed by atoms with Crippen LogP contribution in [0.1, 0.15) is 11.3 Å². The van der Waals surface area contributed by atoms with Crippen LogP contribution in [0.4, 0.5) is 0 Å². The van der Waals surface area contributed by atoms with E-state index >= 15 is 0 Å². The largest absolute Gasteiger partial charge is 0.204 e. The van der Waals surface area contributed by atoms with Gasteiger partial charge < -0.3 is 0 Å². The lowest BCUT2D eigenvalue weighted by molar-refractivity contribution is -0.673. The van der Waals surface area contributed by atoms with E-state index < -0.39 is 0 Å². The maximum Gasteiger partial charge on any atom is 0.204 e. The van der Waals surface area contributed by atoms with Gasteiger partial charge in [0.1, 0.15) is 7.05 Å². The molecule has 0 radical (unpaired) electrons. The molecule has 1 aromatic heterocycles.